The van der Waals surface area contributed by atoms with E-state index in [0.717, 1.165) is 39.0 Å². The van der Waals surface area contributed by atoms with E-state index in [4.69, 9.17) is 0 Å². The van der Waals surface area contributed by atoms with Crippen LogP contribution in [0.25, 0.3) is 10.9 Å². The van der Waals surface area contributed by atoms with Crippen LogP contribution in [0.4, 0.5) is 10.1 Å². The number of carboxylic acids is 1. The number of benzene rings is 1. The molecule has 3 heterocycles. The zero-order valence-electron chi connectivity index (χ0n) is 13.6. The minimum Gasteiger partial charge on any atom is -0.477 e. The summed E-state index contributed by atoms with van der Waals surface area (Å²) in [5.41, 5.74) is 0.483. The van der Waals surface area contributed by atoms with E-state index in [-0.39, 0.29) is 22.4 Å². The van der Waals surface area contributed by atoms with E-state index >= 15 is 0 Å². The number of pyridine rings is 1. The second kappa shape index (κ2) is 4.82. The Labute approximate surface area is 142 Å². The number of halogens is 1. The quantitative estimate of drug-likeness (QED) is 0.885. The number of carbonyl (C=O) groups is 1. The van der Waals surface area contributed by atoms with E-state index in [1.54, 1.807) is 6.07 Å². The molecule has 0 radical (unpaired) electrons. The van der Waals surface area contributed by atoms with E-state index in [9.17, 15) is 19.1 Å². The lowest BCUT2D eigenvalue weighted by Gasteiger charge is -2.57. The maximum absolute atomic E-state index is 14.7. The second-order valence-corrected chi connectivity index (χ2v) is 7.60. The molecule has 1 aromatic heterocycles. The number of fused-ring (bicyclic) bond motifs is 1. The Kier molecular flexibility index (Phi) is 2.87. The molecule has 1 saturated carbocycles. The van der Waals surface area contributed by atoms with E-state index in [0.29, 0.717) is 11.2 Å². The average Bonchev–Trinajstić information content (AvgIpc) is 3.30. The zero-order chi connectivity index (χ0) is 17.3. The van der Waals surface area contributed by atoms with Gasteiger partial charge in [0, 0.05) is 49.2 Å². The van der Waals surface area contributed by atoms with Gasteiger partial charge in [-0.15, -0.1) is 0 Å². The topological polar surface area (TPSA) is 74.6 Å². The highest BCUT2D eigenvalue weighted by Gasteiger charge is 2.48. The maximum atomic E-state index is 14.7. The summed E-state index contributed by atoms with van der Waals surface area (Å²) in [6.45, 7) is 3.55. The Morgan fingerprint density at radius 2 is 2.00 bits per heavy atom. The summed E-state index contributed by atoms with van der Waals surface area (Å²) in [4.78, 5) is 25.8. The van der Waals surface area contributed by atoms with Crippen LogP contribution < -0.4 is 15.6 Å². The van der Waals surface area contributed by atoms with Crippen LogP contribution in [0, 0.1) is 11.2 Å². The van der Waals surface area contributed by atoms with Crippen molar-refractivity contribution < 1.29 is 14.3 Å². The molecule has 1 aromatic carbocycles. The predicted molar refractivity (Wildman–Crippen MR) is 90.9 cm³/mol. The predicted octanol–water partition coefficient (Wildman–Crippen LogP) is 1.58. The van der Waals surface area contributed by atoms with Gasteiger partial charge in [-0.3, -0.25) is 4.79 Å². The third-order valence-electron chi connectivity index (χ3n) is 5.66. The van der Waals surface area contributed by atoms with Gasteiger partial charge in [0.15, 0.2) is 0 Å². The highest BCUT2D eigenvalue weighted by atomic mass is 19.1. The molecule has 2 saturated heterocycles. The van der Waals surface area contributed by atoms with Gasteiger partial charge in [-0.1, -0.05) is 0 Å². The van der Waals surface area contributed by atoms with Gasteiger partial charge >= 0.3 is 5.97 Å². The maximum Gasteiger partial charge on any atom is 0.341 e. The largest absolute Gasteiger partial charge is 0.477 e. The van der Waals surface area contributed by atoms with Crippen molar-refractivity contribution in [3.05, 3.63) is 39.9 Å². The van der Waals surface area contributed by atoms with Gasteiger partial charge in [-0.25, -0.2) is 9.18 Å². The summed E-state index contributed by atoms with van der Waals surface area (Å²) >= 11 is 0. The van der Waals surface area contributed by atoms with Crippen LogP contribution in [-0.4, -0.2) is 41.8 Å². The van der Waals surface area contributed by atoms with Crippen LogP contribution in [0.1, 0.15) is 29.2 Å². The monoisotopic (exact) mass is 343 g/mol. The summed E-state index contributed by atoms with van der Waals surface area (Å²) in [6, 6.07) is 3.12. The number of aromatic carboxylic acids is 1. The Bertz CT molecular complexity index is 968. The molecule has 2 N–H and O–H groups in total. The standard InChI is InChI=1S/C18H18FN3O3/c19-13-3-11-14(4-15(13)21-8-18(9-21)6-20-7-18)22(10-1-2-10)5-12(16(11)23)17(24)25/h3-5,10,20H,1-2,6-9H2,(H,24,25). The first-order chi connectivity index (χ1) is 12.0. The lowest BCUT2D eigenvalue weighted by atomic mass is 9.74. The van der Waals surface area contributed by atoms with Crippen LogP contribution in [0.5, 0.6) is 0 Å². The molecule has 1 spiro atoms. The fourth-order valence-corrected chi connectivity index (χ4v) is 4.04. The van der Waals surface area contributed by atoms with E-state index in [1.807, 2.05) is 9.47 Å². The molecule has 5 rings (SSSR count). The van der Waals surface area contributed by atoms with Gasteiger partial charge in [-0.2, -0.15) is 0 Å². The first kappa shape index (κ1) is 14.9. The minimum atomic E-state index is -1.27. The highest BCUT2D eigenvalue weighted by Crippen LogP contribution is 2.41. The van der Waals surface area contributed by atoms with Crippen LogP contribution in [0.2, 0.25) is 0 Å². The molecule has 0 bridgehead atoms. The third kappa shape index (κ3) is 2.12. The molecule has 1 aliphatic carbocycles. The molecule has 7 heteroatoms. The van der Waals surface area contributed by atoms with Crippen LogP contribution in [0.15, 0.2) is 23.1 Å². The van der Waals surface area contributed by atoms with Crippen LogP contribution >= 0.6 is 0 Å². The lowest BCUT2D eigenvalue weighted by Crippen LogP contribution is -2.71. The Morgan fingerprint density at radius 1 is 1.28 bits per heavy atom. The normalized spacial score (nSPS) is 21.2. The fraction of sp³-hybridized carbons (Fsp3) is 0.444. The van der Waals surface area contributed by atoms with E-state index in [2.05, 4.69) is 5.32 Å². The summed E-state index contributed by atoms with van der Waals surface area (Å²) in [7, 11) is 0. The molecule has 6 nitrogen and oxygen atoms in total. The van der Waals surface area contributed by atoms with Gasteiger partial charge in [0.25, 0.3) is 0 Å². The van der Waals surface area contributed by atoms with Crippen molar-refractivity contribution in [2.24, 2.45) is 5.41 Å². The Balaban J connectivity index is 1.66. The molecule has 0 unspecified atom stereocenters. The van der Waals surface area contributed by atoms with Crippen molar-refractivity contribution in [2.45, 2.75) is 18.9 Å². The molecular formula is C18H18FN3O3. The summed E-state index contributed by atoms with van der Waals surface area (Å²) in [6.07, 6.45) is 3.31. The number of hydrogen-bond donors (Lipinski definition) is 2. The average molecular weight is 343 g/mol. The van der Waals surface area contributed by atoms with Gasteiger partial charge in [0.05, 0.1) is 11.2 Å². The molecular weight excluding hydrogens is 325 g/mol. The SMILES string of the molecule is O=C(O)c1cn(C2CC2)c2cc(N3CC4(CNC4)C3)c(F)cc2c1=O. The van der Waals surface area contributed by atoms with Crippen molar-refractivity contribution >= 4 is 22.6 Å². The first-order valence-electron chi connectivity index (χ1n) is 8.55. The number of rotatable bonds is 3. The number of nitrogens with zero attached hydrogens (tertiary/aromatic N) is 2. The lowest BCUT2D eigenvalue weighted by molar-refractivity contribution is 0.0695. The molecule has 2 aliphatic heterocycles. The third-order valence-corrected chi connectivity index (χ3v) is 5.66. The zero-order valence-corrected chi connectivity index (χ0v) is 13.6. The molecule has 25 heavy (non-hydrogen) atoms. The van der Waals surface area contributed by atoms with Crippen molar-refractivity contribution in [1.29, 1.82) is 0 Å². The highest BCUT2D eigenvalue weighted by molar-refractivity contribution is 5.93. The fourth-order valence-electron chi connectivity index (χ4n) is 4.04. The smallest absolute Gasteiger partial charge is 0.341 e. The Morgan fingerprint density at radius 3 is 2.56 bits per heavy atom. The first-order valence-corrected chi connectivity index (χ1v) is 8.55. The van der Waals surface area contributed by atoms with Crippen LogP contribution in [-0.2, 0) is 0 Å². The molecule has 2 aromatic rings. The van der Waals surface area contributed by atoms with E-state index < -0.39 is 17.2 Å². The van der Waals surface area contributed by atoms with Crippen molar-refractivity contribution in [3.8, 4) is 0 Å². The summed E-state index contributed by atoms with van der Waals surface area (Å²) < 4.78 is 16.5. The second-order valence-electron chi connectivity index (χ2n) is 7.60. The number of anilines is 1. The van der Waals surface area contributed by atoms with Crippen molar-refractivity contribution in [1.82, 2.24) is 9.88 Å². The molecule has 3 fully saturated rings. The van der Waals surface area contributed by atoms with Crippen molar-refractivity contribution in [2.75, 3.05) is 31.1 Å². The van der Waals surface area contributed by atoms with Gasteiger partial charge in [-0.05, 0) is 25.0 Å². The molecule has 0 atom stereocenters. The van der Waals surface area contributed by atoms with Crippen LogP contribution in [0.3, 0.4) is 0 Å². The molecule has 130 valence electrons. The van der Waals surface area contributed by atoms with Gasteiger partial charge in [0.1, 0.15) is 11.4 Å². The minimum absolute atomic E-state index is 0.147. The van der Waals surface area contributed by atoms with Gasteiger partial charge in [0.2, 0.25) is 5.43 Å². The summed E-state index contributed by atoms with van der Waals surface area (Å²) in [5, 5.41) is 12.7. The number of hydrogen-bond acceptors (Lipinski definition) is 4. The van der Waals surface area contributed by atoms with Crippen molar-refractivity contribution in [3.63, 3.8) is 0 Å². The molecule has 3 aliphatic rings. The Hall–Kier alpha value is -2.41. The number of nitrogens with one attached hydrogen (secondary N) is 1. The van der Waals surface area contributed by atoms with Gasteiger partial charge < -0.3 is 19.9 Å². The number of aromatic nitrogens is 1. The molecule has 0 amide bonds. The number of carboxylic acid groups (broad SMARTS) is 1. The van der Waals surface area contributed by atoms with E-state index in [1.165, 1.54) is 12.3 Å². The summed E-state index contributed by atoms with van der Waals surface area (Å²) in [5.74, 6) is -1.73.